The van der Waals surface area contributed by atoms with Gasteiger partial charge in [-0.1, -0.05) is 0 Å². The molecular weight excluding hydrogens is 244 g/mol. The smallest absolute Gasteiger partial charge is 0.315 e. The number of ether oxygens (including phenoxy) is 1. The summed E-state index contributed by atoms with van der Waals surface area (Å²) in [5.41, 5.74) is 0.290. The Morgan fingerprint density at radius 1 is 1.24 bits per heavy atom. The maximum absolute atomic E-state index is 11.6. The lowest BCUT2D eigenvalue weighted by atomic mass is 10.1. The minimum Gasteiger partial charge on any atom is -0.504 e. The van der Waals surface area contributed by atoms with Crippen molar-refractivity contribution in [1.29, 1.82) is 0 Å². The number of benzene rings is 1. The average molecular weight is 256 g/mol. The summed E-state index contributed by atoms with van der Waals surface area (Å²) in [6.07, 6.45) is 0. The van der Waals surface area contributed by atoms with Crippen molar-refractivity contribution in [3.8, 4) is 11.5 Å². The van der Waals surface area contributed by atoms with E-state index in [1.54, 1.807) is 0 Å². The van der Waals surface area contributed by atoms with Crippen LogP contribution in [0.25, 0.3) is 0 Å². The van der Waals surface area contributed by atoms with Gasteiger partial charge in [0.05, 0.1) is 18.6 Å². The van der Waals surface area contributed by atoms with Crippen LogP contribution in [0.3, 0.4) is 0 Å². The van der Waals surface area contributed by atoms with Crippen LogP contribution in [0.2, 0.25) is 0 Å². The van der Waals surface area contributed by atoms with Gasteiger partial charge in [0.15, 0.2) is 17.3 Å². The van der Waals surface area contributed by atoms with Crippen LogP contribution in [0, 0.1) is 0 Å². The molecular formula is C11H12O5S. The Morgan fingerprint density at radius 3 is 2.53 bits per heavy atom. The summed E-state index contributed by atoms with van der Waals surface area (Å²) in [6, 6.07) is 3.85. The number of esters is 1. The van der Waals surface area contributed by atoms with Crippen molar-refractivity contribution in [3.05, 3.63) is 23.8 Å². The van der Waals surface area contributed by atoms with Crippen molar-refractivity contribution in [3.63, 3.8) is 0 Å². The average Bonchev–Trinajstić information content (AvgIpc) is 2.32. The lowest BCUT2D eigenvalue weighted by molar-refractivity contribution is -0.137. The first-order chi connectivity index (χ1) is 8.04. The summed E-state index contributed by atoms with van der Waals surface area (Å²) in [5.74, 6) is -1.02. The topological polar surface area (TPSA) is 83.8 Å². The van der Waals surface area contributed by atoms with Crippen molar-refractivity contribution < 1.29 is 24.5 Å². The van der Waals surface area contributed by atoms with E-state index in [-0.39, 0.29) is 34.4 Å². The van der Waals surface area contributed by atoms with Crippen LogP contribution in [-0.4, -0.2) is 40.6 Å². The van der Waals surface area contributed by atoms with E-state index in [0.717, 1.165) is 11.8 Å². The van der Waals surface area contributed by atoms with Gasteiger partial charge in [-0.15, -0.1) is 11.8 Å². The van der Waals surface area contributed by atoms with E-state index in [1.807, 2.05) is 0 Å². The maximum atomic E-state index is 11.6. The predicted molar refractivity (Wildman–Crippen MR) is 63.4 cm³/mol. The molecule has 0 aliphatic heterocycles. The van der Waals surface area contributed by atoms with Crippen LogP contribution >= 0.6 is 11.8 Å². The molecule has 0 atom stereocenters. The number of methoxy groups -OCH3 is 1. The van der Waals surface area contributed by atoms with E-state index in [1.165, 1.54) is 25.3 Å². The molecule has 1 aromatic rings. The first kappa shape index (κ1) is 13.4. The van der Waals surface area contributed by atoms with Gasteiger partial charge in [-0.05, 0) is 18.2 Å². The number of hydrogen-bond donors (Lipinski definition) is 2. The standard InChI is InChI=1S/C11H12O5S/c1-16-11(15)6-17-5-10(14)7-2-3-8(12)9(13)4-7/h2-4,12-13H,5-6H2,1H3. The molecule has 2 N–H and O–H groups in total. The molecule has 0 saturated carbocycles. The third kappa shape index (κ3) is 3.99. The van der Waals surface area contributed by atoms with Gasteiger partial charge < -0.3 is 14.9 Å². The number of hydrogen-bond acceptors (Lipinski definition) is 6. The fraction of sp³-hybridized carbons (Fsp3) is 0.273. The van der Waals surface area contributed by atoms with E-state index in [4.69, 9.17) is 5.11 Å². The van der Waals surface area contributed by atoms with Gasteiger partial charge in [-0.25, -0.2) is 0 Å². The monoisotopic (exact) mass is 256 g/mol. The highest BCUT2D eigenvalue weighted by Crippen LogP contribution is 2.25. The fourth-order valence-electron chi connectivity index (χ4n) is 1.07. The number of Topliss-reactive ketones (excluding diaryl/α,β-unsaturated/α-hetero) is 1. The van der Waals surface area contributed by atoms with Crippen molar-refractivity contribution in [2.45, 2.75) is 0 Å². The second kappa shape index (κ2) is 6.15. The summed E-state index contributed by atoms with van der Waals surface area (Å²) >= 11 is 1.13. The highest BCUT2D eigenvalue weighted by Gasteiger charge is 2.10. The third-order valence-corrected chi connectivity index (χ3v) is 2.88. The van der Waals surface area contributed by atoms with Gasteiger partial charge in [0.2, 0.25) is 0 Å². The number of ketones is 1. The van der Waals surface area contributed by atoms with Gasteiger partial charge in [0.1, 0.15) is 0 Å². The van der Waals surface area contributed by atoms with E-state index in [9.17, 15) is 14.7 Å². The van der Waals surface area contributed by atoms with Crippen LogP contribution in [-0.2, 0) is 9.53 Å². The number of thioether (sulfide) groups is 1. The zero-order valence-corrected chi connectivity index (χ0v) is 9.99. The highest BCUT2D eigenvalue weighted by atomic mass is 32.2. The van der Waals surface area contributed by atoms with Gasteiger partial charge in [-0.2, -0.15) is 0 Å². The van der Waals surface area contributed by atoms with E-state index >= 15 is 0 Å². The van der Waals surface area contributed by atoms with Gasteiger partial charge >= 0.3 is 5.97 Å². The minimum absolute atomic E-state index is 0.103. The zero-order chi connectivity index (χ0) is 12.8. The van der Waals surface area contributed by atoms with Crippen molar-refractivity contribution >= 4 is 23.5 Å². The Morgan fingerprint density at radius 2 is 1.94 bits per heavy atom. The second-order valence-corrected chi connectivity index (χ2v) is 4.18. The molecule has 0 spiro atoms. The van der Waals surface area contributed by atoms with Crippen LogP contribution in [0.5, 0.6) is 11.5 Å². The quantitative estimate of drug-likeness (QED) is 0.467. The lowest BCUT2D eigenvalue weighted by Gasteiger charge is -2.03. The lowest BCUT2D eigenvalue weighted by Crippen LogP contribution is -2.08. The Balaban J connectivity index is 2.52. The molecule has 0 fully saturated rings. The van der Waals surface area contributed by atoms with Gasteiger partial charge in [0, 0.05) is 5.56 Å². The first-order valence-corrected chi connectivity index (χ1v) is 5.90. The summed E-state index contributed by atoms with van der Waals surface area (Å²) in [7, 11) is 1.28. The van der Waals surface area contributed by atoms with Gasteiger partial charge in [-0.3, -0.25) is 9.59 Å². The molecule has 0 aliphatic rings. The summed E-state index contributed by atoms with van der Waals surface area (Å²) in [5, 5.41) is 18.3. The molecule has 5 nitrogen and oxygen atoms in total. The number of carbonyl (C=O) groups excluding carboxylic acids is 2. The molecule has 1 aromatic carbocycles. The number of phenols is 2. The molecule has 0 aliphatic carbocycles. The predicted octanol–water partition coefficient (Wildman–Crippen LogP) is 1.19. The molecule has 0 heterocycles. The molecule has 0 aromatic heterocycles. The fourth-order valence-corrected chi connectivity index (χ4v) is 1.80. The Hall–Kier alpha value is -1.69. The molecule has 92 valence electrons. The largest absolute Gasteiger partial charge is 0.504 e. The number of carbonyl (C=O) groups is 2. The number of aromatic hydroxyl groups is 2. The summed E-state index contributed by atoms with van der Waals surface area (Å²) in [6.45, 7) is 0. The molecule has 0 radical (unpaired) electrons. The number of rotatable bonds is 5. The maximum Gasteiger partial charge on any atom is 0.315 e. The second-order valence-electron chi connectivity index (χ2n) is 3.20. The molecule has 0 unspecified atom stereocenters. The Bertz CT molecular complexity index is 430. The minimum atomic E-state index is -0.392. The van der Waals surface area contributed by atoms with Crippen LogP contribution in [0.1, 0.15) is 10.4 Å². The van der Waals surface area contributed by atoms with Crippen molar-refractivity contribution in [1.82, 2.24) is 0 Å². The Kier molecular flexibility index (Phi) is 4.84. The highest BCUT2D eigenvalue weighted by molar-refractivity contribution is 8.00. The number of phenolic OH excluding ortho intramolecular Hbond substituents is 2. The first-order valence-electron chi connectivity index (χ1n) is 4.74. The summed E-state index contributed by atoms with van der Waals surface area (Å²) < 4.78 is 4.43. The summed E-state index contributed by atoms with van der Waals surface area (Å²) in [4.78, 5) is 22.4. The molecule has 0 saturated heterocycles. The van der Waals surface area contributed by atoms with Crippen molar-refractivity contribution in [2.24, 2.45) is 0 Å². The molecule has 17 heavy (non-hydrogen) atoms. The molecule has 6 heteroatoms. The molecule has 1 rings (SSSR count). The zero-order valence-electron chi connectivity index (χ0n) is 9.17. The normalized spacial score (nSPS) is 9.94. The van der Waals surface area contributed by atoms with Crippen LogP contribution < -0.4 is 0 Å². The SMILES string of the molecule is COC(=O)CSCC(=O)c1ccc(O)c(O)c1. The Labute approximate surface area is 102 Å². The van der Waals surface area contributed by atoms with Gasteiger partial charge in [0.25, 0.3) is 0 Å². The van der Waals surface area contributed by atoms with Crippen molar-refractivity contribution in [2.75, 3.05) is 18.6 Å². The molecule has 0 amide bonds. The van der Waals surface area contributed by atoms with E-state index < -0.39 is 5.97 Å². The van der Waals surface area contributed by atoms with E-state index in [0.29, 0.717) is 0 Å². The molecule has 0 bridgehead atoms. The van der Waals surface area contributed by atoms with Crippen LogP contribution in [0.15, 0.2) is 18.2 Å². The van der Waals surface area contributed by atoms with Crippen LogP contribution in [0.4, 0.5) is 0 Å². The van der Waals surface area contributed by atoms with E-state index in [2.05, 4.69) is 4.74 Å². The third-order valence-electron chi connectivity index (χ3n) is 1.98.